The molecule has 25 heavy (non-hydrogen) atoms. The summed E-state index contributed by atoms with van der Waals surface area (Å²) in [6.45, 7) is 0. The van der Waals surface area contributed by atoms with Crippen LogP contribution in [0.25, 0.3) is 0 Å². The normalized spacial score (nSPS) is 11.2. The Morgan fingerprint density at radius 3 is 1.64 bits per heavy atom. The highest BCUT2D eigenvalue weighted by Gasteiger charge is 2.23. The van der Waals surface area contributed by atoms with Gasteiger partial charge in [0, 0.05) is 19.8 Å². The summed E-state index contributed by atoms with van der Waals surface area (Å²) in [7, 11) is 3.59. The van der Waals surface area contributed by atoms with Crippen LogP contribution in [0.1, 0.15) is 17.0 Å². The molecule has 0 aliphatic rings. The van der Waals surface area contributed by atoms with Gasteiger partial charge in [0.15, 0.2) is 0 Å². The van der Waals surface area contributed by atoms with Crippen LogP contribution in [0.2, 0.25) is 0 Å². The van der Waals surface area contributed by atoms with Crippen LogP contribution in [0.3, 0.4) is 0 Å². The first-order chi connectivity index (χ1) is 11.9. The maximum Gasteiger partial charge on any atom is 0.321 e. The molecule has 3 N–H and O–H groups in total. The summed E-state index contributed by atoms with van der Waals surface area (Å²) in [5.74, 6) is -0.931. The predicted molar refractivity (Wildman–Crippen MR) is 103 cm³/mol. The highest BCUT2D eigenvalue weighted by Crippen LogP contribution is 2.25. The molecule has 0 fully saturated rings. The van der Waals surface area contributed by atoms with Crippen molar-refractivity contribution in [2.45, 2.75) is 12.0 Å². The van der Waals surface area contributed by atoms with Crippen molar-refractivity contribution in [3.8, 4) is 0 Å². The topological polar surface area (TPSA) is 83.6 Å². The van der Waals surface area contributed by atoms with Crippen molar-refractivity contribution in [2.24, 2.45) is 5.73 Å². The Morgan fingerprint density at radius 1 is 1.00 bits per heavy atom. The summed E-state index contributed by atoms with van der Waals surface area (Å²) in [5, 5.41) is 8.01. The molecule has 2 rings (SSSR count). The van der Waals surface area contributed by atoms with Crippen molar-refractivity contribution in [1.82, 2.24) is 4.90 Å². The van der Waals surface area contributed by atoms with Crippen molar-refractivity contribution >= 4 is 24.5 Å². The van der Waals surface area contributed by atoms with Crippen LogP contribution in [-0.4, -0.2) is 47.8 Å². The Bertz CT molecular complexity index is 623. The highest BCUT2D eigenvalue weighted by atomic mass is 32.1. The fourth-order valence-electron chi connectivity index (χ4n) is 2.10. The molecule has 2 aromatic carbocycles. The quantitative estimate of drug-likeness (QED) is 0.714. The Labute approximate surface area is 153 Å². The van der Waals surface area contributed by atoms with Gasteiger partial charge >= 0.3 is 5.97 Å². The molecule has 0 aliphatic heterocycles. The number of thiol groups is 1. The zero-order valence-corrected chi connectivity index (χ0v) is 15.3. The second-order valence-electron chi connectivity index (χ2n) is 5.61. The molecular formula is C19H24N2O3S. The summed E-state index contributed by atoms with van der Waals surface area (Å²) >= 11 is 3.65. The molecule has 0 bridgehead atoms. The van der Waals surface area contributed by atoms with Crippen LogP contribution in [0.4, 0.5) is 0 Å². The van der Waals surface area contributed by atoms with Crippen molar-refractivity contribution in [1.29, 1.82) is 0 Å². The SMILES string of the molecule is CN(C)C(=O)C(c1ccccc1)c1ccccc1.NC(CS)C(=O)O. The Morgan fingerprint density at radius 2 is 1.40 bits per heavy atom. The predicted octanol–water partition coefficient (Wildman–Crippen LogP) is 2.23. The van der Waals surface area contributed by atoms with E-state index in [0.29, 0.717) is 0 Å². The molecule has 0 spiro atoms. The zero-order chi connectivity index (χ0) is 18.8. The van der Waals surface area contributed by atoms with Crippen molar-refractivity contribution in [2.75, 3.05) is 19.8 Å². The summed E-state index contributed by atoms with van der Waals surface area (Å²) in [6, 6.07) is 19.0. The maximum atomic E-state index is 12.4. The van der Waals surface area contributed by atoms with E-state index in [4.69, 9.17) is 10.8 Å². The third kappa shape index (κ3) is 6.60. The van der Waals surface area contributed by atoms with E-state index in [2.05, 4.69) is 12.6 Å². The summed E-state index contributed by atoms with van der Waals surface area (Å²) in [5.41, 5.74) is 7.00. The second-order valence-corrected chi connectivity index (χ2v) is 5.98. The van der Waals surface area contributed by atoms with Gasteiger partial charge in [-0.1, -0.05) is 60.7 Å². The number of carbonyl (C=O) groups is 2. The van der Waals surface area contributed by atoms with E-state index in [-0.39, 0.29) is 17.6 Å². The van der Waals surface area contributed by atoms with Crippen LogP contribution in [-0.2, 0) is 9.59 Å². The maximum absolute atomic E-state index is 12.4. The van der Waals surface area contributed by atoms with Crippen LogP contribution in [0.15, 0.2) is 60.7 Å². The van der Waals surface area contributed by atoms with Gasteiger partial charge in [-0.25, -0.2) is 0 Å². The van der Waals surface area contributed by atoms with Crippen molar-refractivity contribution in [3.05, 3.63) is 71.8 Å². The van der Waals surface area contributed by atoms with Gasteiger partial charge in [-0.05, 0) is 11.1 Å². The van der Waals surface area contributed by atoms with Gasteiger partial charge in [-0.2, -0.15) is 12.6 Å². The first-order valence-electron chi connectivity index (χ1n) is 7.78. The van der Waals surface area contributed by atoms with Gasteiger partial charge in [0.2, 0.25) is 5.91 Å². The molecule has 0 aromatic heterocycles. The third-order valence-corrected chi connectivity index (χ3v) is 3.86. The molecule has 0 aliphatic carbocycles. The molecular weight excluding hydrogens is 336 g/mol. The molecule has 0 saturated heterocycles. The first kappa shape index (κ1) is 20.7. The zero-order valence-electron chi connectivity index (χ0n) is 14.4. The van der Waals surface area contributed by atoms with Gasteiger partial charge in [0.25, 0.3) is 0 Å². The molecule has 134 valence electrons. The molecule has 0 radical (unpaired) electrons. The second kappa shape index (κ2) is 10.5. The van der Waals surface area contributed by atoms with Crippen molar-refractivity contribution < 1.29 is 14.7 Å². The molecule has 2 aromatic rings. The number of hydrogen-bond acceptors (Lipinski definition) is 4. The van der Waals surface area contributed by atoms with Crippen LogP contribution in [0.5, 0.6) is 0 Å². The van der Waals surface area contributed by atoms with Gasteiger partial charge in [-0.15, -0.1) is 0 Å². The number of rotatable bonds is 5. The van der Waals surface area contributed by atoms with E-state index >= 15 is 0 Å². The van der Waals surface area contributed by atoms with Crippen LogP contribution < -0.4 is 5.73 Å². The number of aliphatic carboxylic acids is 1. The van der Waals surface area contributed by atoms with E-state index in [1.54, 1.807) is 19.0 Å². The molecule has 1 atom stereocenters. The number of benzene rings is 2. The summed E-state index contributed by atoms with van der Waals surface area (Å²) in [6.07, 6.45) is 0. The number of nitrogens with two attached hydrogens (primary N) is 1. The van der Waals surface area contributed by atoms with Crippen molar-refractivity contribution in [3.63, 3.8) is 0 Å². The standard InChI is InChI=1S/C16H17NO.C3H7NO2S/c1-17(2)16(18)15(13-9-5-3-6-10-13)14-11-7-4-8-12-14;4-2(1-7)3(5)6/h3-12,15H,1-2H3;2,7H,1,4H2,(H,5,6). The average Bonchev–Trinajstić information content (AvgIpc) is 2.63. The molecule has 5 nitrogen and oxygen atoms in total. The molecule has 0 heterocycles. The Hall–Kier alpha value is -2.31. The minimum Gasteiger partial charge on any atom is -0.480 e. The lowest BCUT2D eigenvalue weighted by Crippen LogP contribution is -2.31. The number of hydrogen-bond donors (Lipinski definition) is 3. The minimum atomic E-state index is -1.00. The Balaban J connectivity index is 0.000000381. The minimum absolute atomic E-state index is 0.104. The third-order valence-electron chi connectivity index (χ3n) is 3.47. The largest absolute Gasteiger partial charge is 0.480 e. The summed E-state index contributed by atoms with van der Waals surface area (Å²) in [4.78, 5) is 23.8. The first-order valence-corrected chi connectivity index (χ1v) is 8.42. The number of carbonyl (C=O) groups excluding carboxylic acids is 1. The number of nitrogens with zero attached hydrogens (tertiary/aromatic N) is 1. The monoisotopic (exact) mass is 360 g/mol. The Kier molecular flexibility index (Phi) is 8.74. The van der Waals surface area contributed by atoms with Gasteiger partial charge < -0.3 is 15.7 Å². The van der Waals surface area contributed by atoms with Gasteiger partial charge in [0.05, 0.1) is 5.92 Å². The van der Waals surface area contributed by atoms with Gasteiger partial charge in [-0.3, -0.25) is 9.59 Å². The number of carboxylic acid groups (broad SMARTS) is 1. The molecule has 6 heteroatoms. The highest BCUT2D eigenvalue weighted by molar-refractivity contribution is 7.80. The van der Waals surface area contributed by atoms with E-state index in [1.165, 1.54) is 0 Å². The van der Waals surface area contributed by atoms with E-state index in [9.17, 15) is 9.59 Å². The average molecular weight is 360 g/mol. The van der Waals surface area contributed by atoms with E-state index in [0.717, 1.165) is 11.1 Å². The van der Waals surface area contributed by atoms with Gasteiger partial charge in [0.1, 0.15) is 6.04 Å². The number of amides is 1. The van der Waals surface area contributed by atoms with Crippen LogP contribution in [0, 0.1) is 0 Å². The summed E-state index contributed by atoms with van der Waals surface area (Å²) < 4.78 is 0. The lowest BCUT2D eigenvalue weighted by molar-refractivity contribution is -0.138. The smallest absolute Gasteiger partial charge is 0.321 e. The number of likely N-dealkylation sites (N-methyl/N-ethyl adjacent to an activating group) is 1. The fourth-order valence-corrected chi connectivity index (χ4v) is 2.26. The van der Waals surface area contributed by atoms with E-state index < -0.39 is 12.0 Å². The fraction of sp³-hybridized carbons (Fsp3) is 0.263. The molecule has 0 saturated carbocycles. The number of carboxylic acids is 1. The molecule has 1 amide bonds. The lowest BCUT2D eigenvalue weighted by Gasteiger charge is -2.21. The lowest BCUT2D eigenvalue weighted by atomic mass is 9.90. The van der Waals surface area contributed by atoms with Crippen LogP contribution >= 0.6 is 12.6 Å². The molecule has 1 unspecified atom stereocenters. The van der Waals surface area contributed by atoms with E-state index in [1.807, 2.05) is 60.7 Å².